The SMILES string of the molecule is Cc1c(CO)cc(Cl)cc1S(=O)(=O)NC1CCC(C)C1C. The predicted octanol–water partition coefficient (Wildman–Crippen LogP) is 2.85. The van der Waals surface area contributed by atoms with E-state index in [0.29, 0.717) is 28.0 Å². The fourth-order valence-corrected chi connectivity index (χ4v) is 4.93. The van der Waals surface area contributed by atoms with Crippen LogP contribution in [0.5, 0.6) is 0 Å². The fourth-order valence-electron chi connectivity index (χ4n) is 2.95. The lowest BCUT2D eigenvalue weighted by molar-refractivity contribution is 0.280. The molecule has 118 valence electrons. The maximum Gasteiger partial charge on any atom is 0.241 e. The highest BCUT2D eigenvalue weighted by molar-refractivity contribution is 7.89. The summed E-state index contributed by atoms with van der Waals surface area (Å²) in [6.45, 7) is 5.69. The molecule has 3 unspecified atom stereocenters. The van der Waals surface area contributed by atoms with Gasteiger partial charge in [0.2, 0.25) is 10.0 Å². The van der Waals surface area contributed by atoms with Crippen molar-refractivity contribution >= 4 is 21.6 Å². The first-order valence-corrected chi connectivity index (χ1v) is 9.04. The van der Waals surface area contributed by atoms with E-state index in [1.165, 1.54) is 6.07 Å². The maximum absolute atomic E-state index is 12.6. The van der Waals surface area contributed by atoms with Gasteiger partial charge < -0.3 is 5.11 Å². The van der Waals surface area contributed by atoms with Crippen LogP contribution in [0.1, 0.15) is 37.8 Å². The zero-order valence-electron chi connectivity index (χ0n) is 12.6. The zero-order chi connectivity index (χ0) is 15.8. The van der Waals surface area contributed by atoms with E-state index in [2.05, 4.69) is 18.6 Å². The van der Waals surface area contributed by atoms with E-state index in [9.17, 15) is 13.5 Å². The second-order valence-corrected chi connectivity index (χ2v) is 8.11. The Labute approximate surface area is 131 Å². The molecular formula is C15H22ClNO3S. The van der Waals surface area contributed by atoms with Gasteiger partial charge in [0.1, 0.15) is 0 Å². The van der Waals surface area contributed by atoms with Crippen LogP contribution in [0.3, 0.4) is 0 Å². The molecule has 0 aliphatic heterocycles. The number of nitrogens with one attached hydrogen (secondary N) is 1. The summed E-state index contributed by atoms with van der Waals surface area (Å²) >= 11 is 5.97. The normalized spacial score (nSPS) is 26.2. The maximum atomic E-state index is 12.6. The lowest BCUT2D eigenvalue weighted by Crippen LogP contribution is -2.37. The van der Waals surface area contributed by atoms with Gasteiger partial charge in [-0.2, -0.15) is 0 Å². The first kappa shape index (κ1) is 16.7. The Balaban J connectivity index is 2.34. The summed E-state index contributed by atoms with van der Waals surface area (Å²) in [6, 6.07) is 3.00. The highest BCUT2D eigenvalue weighted by atomic mass is 35.5. The molecule has 1 aliphatic carbocycles. The first-order valence-electron chi connectivity index (χ1n) is 7.18. The number of rotatable bonds is 4. The van der Waals surface area contributed by atoms with Crippen LogP contribution in [0.2, 0.25) is 5.02 Å². The van der Waals surface area contributed by atoms with Crippen molar-refractivity contribution in [3.63, 3.8) is 0 Å². The molecule has 6 heteroatoms. The number of hydrogen-bond donors (Lipinski definition) is 2. The number of halogens is 1. The number of hydrogen-bond acceptors (Lipinski definition) is 3. The van der Waals surface area contributed by atoms with Crippen LogP contribution in [0.25, 0.3) is 0 Å². The second-order valence-electron chi connectivity index (χ2n) is 5.99. The van der Waals surface area contributed by atoms with Crippen molar-refractivity contribution in [1.82, 2.24) is 4.72 Å². The lowest BCUT2D eigenvalue weighted by atomic mass is 9.98. The van der Waals surface area contributed by atoms with Crippen LogP contribution < -0.4 is 4.72 Å². The summed E-state index contributed by atoms with van der Waals surface area (Å²) in [6.07, 6.45) is 1.89. The largest absolute Gasteiger partial charge is 0.392 e. The summed E-state index contributed by atoms with van der Waals surface area (Å²) in [5.74, 6) is 0.836. The smallest absolute Gasteiger partial charge is 0.241 e. The monoisotopic (exact) mass is 331 g/mol. The number of aliphatic hydroxyl groups excluding tert-OH is 1. The summed E-state index contributed by atoms with van der Waals surface area (Å²) in [5, 5.41) is 9.64. The minimum atomic E-state index is -3.63. The van der Waals surface area contributed by atoms with Gasteiger partial charge in [0.05, 0.1) is 11.5 Å². The highest BCUT2D eigenvalue weighted by Crippen LogP contribution is 2.33. The van der Waals surface area contributed by atoms with Gasteiger partial charge in [-0.15, -0.1) is 0 Å². The van der Waals surface area contributed by atoms with Gasteiger partial charge in [0.15, 0.2) is 0 Å². The van der Waals surface area contributed by atoms with E-state index >= 15 is 0 Å². The average Bonchev–Trinajstić information content (AvgIpc) is 2.72. The molecule has 0 heterocycles. The molecule has 0 saturated heterocycles. The standard InChI is InChI=1S/C15H22ClNO3S/c1-9-4-5-14(10(9)2)17-21(19,20)15-7-13(16)6-12(8-18)11(15)3/h6-7,9-10,14,17-18H,4-5,8H2,1-3H3. The van der Waals surface area contributed by atoms with Crippen LogP contribution in [-0.4, -0.2) is 19.6 Å². The Morgan fingerprint density at radius 1 is 1.33 bits per heavy atom. The third-order valence-electron chi connectivity index (χ3n) is 4.66. The van der Waals surface area contributed by atoms with Crippen LogP contribution in [0, 0.1) is 18.8 Å². The summed E-state index contributed by atoms with van der Waals surface area (Å²) in [7, 11) is -3.63. The first-order chi connectivity index (χ1) is 9.76. The van der Waals surface area contributed by atoms with E-state index in [1.807, 2.05) is 0 Å². The molecule has 1 saturated carbocycles. The van der Waals surface area contributed by atoms with E-state index in [4.69, 9.17) is 11.6 Å². The molecule has 0 spiro atoms. The van der Waals surface area contributed by atoms with E-state index in [0.717, 1.165) is 12.8 Å². The molecule has 0 amide bonds. The van der Waals surface area contributed by atoms with E-state index in [-0.39, 0.29) is 17.5 Å². The molecule has 1 aromatic carbocycles. The Morgan fingerprint density at radius 2 is 2.00 bits per heavy atom. The Kier molecular flexibility index (Phi) is 4.98. The van der Waals surface area contributed by atoms with Gasteiger partial charge in [0, 0.05) is 11.1 Å². The van der Waals surface area contributed by atoms with Gasteiger partial charge in [-0.1, -0.05) is 25.4 Å². The molecule has 2 N–H and O–H groups in total. The van der Waals surface area contributed by atoms with Crippen molar-refractivity contribution in [2.24, 2.45) is 11.8 Å². The van der Waals surface area contributed by atoms with Crippen molar-refractivity contribution in [2.45, 2.75) is 51.2 Å². The summed E-state index contributed by atoms with van der Waals surface area (Å²) in [5.41, 5.74) is 1.09. The number of benzene rings is 1. The van der Waals surface area contributed by atoms with Gasteiger partial charge in [-0.25, -0.2) is 13.1 Å². The molecule has 0 radical (unpaired) electrons. The second kappa shape index (κ2) is 6.24. The van der Waals surface area contributed by atoms with Crippen LogP contribution in [0.4, 0.5) is 0 Å². The Hall–Kier alpha value is -0.620. The zero-order valence-corrected chi connectivity index (χ0v) is 14.1. The van der Waals surface area contributed by atoms with Crippen molar-refractivity contribution in [2.75, 3.05) is 0 Å². The molecule has 1 aliphatic rings. The van der Waals surface area contributed by atoms with Gasteiger partial charge >= 0.3 is 0 Å². The molecule has 0 bridgehead atoms. The lowest BCUT2D eigenvalue weighted by Gasteiger charge is -2.21. The van der Waals surface area contributed by atoms with Crippen molar-refractivity contribution < 1.29 is 13.5 Å². The Bertz CT molecular complexity index is 630. The fraction of sp³-hybridized carbons (Fsp3) is 0.600. The van der Waals surface area contributed by atoms with Gasteiger partial charge in [-0.3, -0.25) is 0 Å². The van der Waals surface area contributed by atoms with Crippen LogP contribution in [0.15, 0.2) is 17.0 Å². The summed E-state index contributed by atoms with van der Waals surface area (Å²) in [4.78, 5) is 0.158. The molecule has 0 aromatic heterocycles. The minimum absolute atomic E-state index is 0.0408. The topological polar surface area (TPSA) is 66.4 Å². The third kappa shape index (κ3) is 3.42. The predicted molar refractivity (Wildman–Crippen MR) is 83.8 cm³/mol. The average molecular weight is 332 g/mol. The van der Waals surface area contributed by atoms with Crippen molar-refractivity contribution in [3.8, 4) is 0 Å². The molecule has 2 rings (SSSR count). The Morgan fingerprint density at radius 3 is 2.52 bits per heavy atom. The number of aliphatic hydroxyl groups is 1. The van der Waals surface area contributed by atoms with Gasteiger partial charge in [0.25, 0.3) is 0 Å². The van der Waals surface area contributed by atoms with Crippen LogP contribution >= 0.6 is 11.6 Å². The van der Waals surface area contributed by atoms with Crippen molar-refractivity contribution in [1.29, 1.82) is 0 Å². The molecule has 1 aromatic rings. The van der Waals surface area contributed by atoms with Crippen LogP contribution in [-0.2, 0) is 16.6 Å². The molecule has 4 nitrogen and oxygen atoms in total. The third-order valence-corrected chi connectivity index (χ3v) is 6.50. The number of sulfonamides is 1. The van der Waals surface area contributed by atoms with Crippen molar-refractivity contribution in [3.05, 3.63) is 28.3 Å². The van der Waals surface area contributed by atoms with E-state index < -0.39 is 10.0 Å². The summed E-state index contributed by atoms with van der Waals surface area (Å²) < 4.78 is 28.1. The van der Waals surface area contributed by atoms with E-state index in [1.54, 1.807) is 13.0 Å². The molecular weight excluding hydrogens is 310 g/mol. The molecule has 3 atom stereocenters. The highest BCUT2D eigenvalue weighted by Gasteiger charge is 2.33. The minimum Gasteiger partial charge on any atom is -0.392 e. The van der Waals surface area contributed by atoms with Gasteiger partial charge in [-0.05, 0) is 54.9 Å². The molecule has 21 heavy (non-hydrogen) atoms. The molecule has 1 fully saturated rings. The quantitative estimate of drug-likeness (QED) is 0.891.